The molecule has 0 saturated heterocycles. The van der Waals surface area contributed by atoms with Crippen LogP contribution in [0.4, 0.5) is 0 Å². The second kappa shape index (κ2) is 5.77. The summed E-state index contributed by atoms with van der Waals surface area (Å²) >= 11 is 0. The second-order valence-corrected chi connectivity index (χ2v) is 3.49. The zero-order chi connectivity index (χ0) is 13.7. The number of rotatable bonds is 4. The minimum Gasteiger partial charge on any atom is -0.423 e. The predicted molar refractivity (Wildman–Crippen MR) is 64.2 cm³/mol. The molecule has 0 amide bonds. The van der Waals surface area contributed by atoms with E-state index in [1.165, 1.54) is 26.0 Å². The lowest BCUT2D eigenvalue weighted by Crippen LogP contribution is -2.07. The van der Waals surface area contributed by atoms with E-state index in [0.717, 1.165) is 0 Å². The van der Waals surface area contributed by atoms with Crippen molar-refractivity contribution in [3.8, 4) is 11.5 Å². The molecule has 0 saturated carbocycles. The number of allylic oxidation sites excluding steroid dienone is 1. The molecule has 5 nitrogen and oxygen atoms in total. The van der Waals surface area contributed by atoms with E-state index in [9.17, 15) is 14.4 Å². The Morgan fingerprint density at radius 1 is 1.11 bits per heavy atom. The van der Waals surface area contributed by atoms with Crippen LogP contribution in [0.1, 0.15) is 19.4 Å². The van der Waals surface area contributed by atoms with Gasteiger partial charge in [0.1, 0.15) is 6.29 Å². The van der Waals surface area contributed by atoms with Gasteiger partial charge in [0.05, 0.1) is 0 Å². The molecule has 0 radical (unpaired) electrons. The number of aldehydes is 1. The fraction of sp³-hybridized carbons (Fsp3) is 0.154. The Morgan fingerprint density at radius 2 is 1.67 bits per heavy atom. The van der Waals surface area contributed by atoms with Crippen molar-refractivity contribution in [1.82, 2.24) is 0 Å². The predicted octanol–water partition coefficient (Wildman–Crippen LogP) is 1.75. The molecule has 0 fully saturated rings. The topological polar surface area (TPSA) is 69.7 Å². The van der Waals surface area contributed by atoms with Crippen molar-refractivity contribution in [3.05, 3.63) is 30.3 Å². The maximum atomic E-state index is 10.9. The number of carbonyl (C=O) groups excluding carboxylic acids is 3. The number of ether oxygens (including phenoxy) is 2. The maximum Gasteiger partial charge on any atom is 0.308 e. The molecule has 0 bridgehead atoms. The monoisotopic (exact) mass is 248 g/mol. The fourth-order valence-corrected chi connectivity index (χ4v) is 1.25. The third kappa shape index (κ3) is 3.55. The molecule has 18 heavy (non-hydrogen) atoms. The molecule has 0 spiro atoms. The standard InChI is InChI=1S/C13H12O5/c1-8(7-14)11-4-5-12(17-9(2)15)13(6-11)18-10(3)16/h4-7H,1H2,2-3H3. The van der Waals surface area contributed by atoms with Crippen molar-refractivity contribution >= 4 is 23.8 Å². The number of benzene rings is 1. The number of esters is 2. The van der Waals surface area contributed by atoms with E-state index in [4.69, 9.17) is 9.47 Å². The van der Waals surface area contributed by atoms with Crippen LogP contribution in [-0.4, -0.2) is 18.2 Å². The van der Waals surface area contributed by atoms with Crippen LogP contribution in [0.3, 0.4) is 0 Å². The van der Waals surface area contributed by atoms with Crippen LogP contribution in [0.2, 0.25) is 0 Å². The average molecular weight is 248 g/mol. The lowest BCUT2D eigenvalue weighted by molar-refractivity contribution is -0.134. The molecule has 0 heterocycles. The Kier molecular flexibility index (Phi) is 4.37. The van der Waals surface area contributed by atoms with Crippen molar-refractivity contribution < 1.29 is 23.9 Å². The van der Waals surface area contributed by atoms with Gasteiger partial charge in [0.25, 0.3) is 0 Å². The summed E-state index contributed by atoms with van der Waals surface area (Å²) in [4.78, 5) is 32.4. The van der Waals surface area contributed by atoms with Gasteiger partial charge >= 0.3 is 11.9 Å². The first-order valence-electron chi connectivity index (χ1n) is 5.09. The highest BCUT2D eigenvalue weighted by Crippen LogP contribution is 2.30. The number of carbonyl (C=O) groups is 3. The van der Waals surface area contributed by atoms with Gasteiger partial charge in [0.2, 0.25) is 0 Å². The smallest absolute Gasteiger partial charge is 0.308 e. The molecule has 0 aliphatic heterocycles. The highest BCUT2D eigenvalue weighted by atomic mass is 16.6. The van der Waals surface area contributed by atoms with Gasteiger partial charge < -0.3 is 9.47 Å². The molecular weight excluding hydrogens is 236 g/mol. The minimum atomic E-state index is -0.558. The van der Waals surface area contributed by atoms with Crippen LogP contribution >= 0.6 is 0 Å². The third-order valence-electron chi connectivity index (χ3n) is 1.96. The van der Waals surface area contributed by atoms with E-state index in [1.54, 1.807) is 6.07 Å². The number of hydrogen-bond donors (Lipinski definition) is 0. The van der Waals surface area contributed by atoms with E-state index in [2.05, 4.69) is 6.58 Å². The summed E-state index contributed by atoms with van der Waals surface area (Å²) in [6.45, 7) is 5.99. The van der Waals surface area contributed by atoms with Crippen LogP contribution in [-0.2, 0) is 14.4 Å². The zero-order valence-electron chi connectivity index (χ0n) is 10.1. The third-order valence-corrected chi connectivity index (χ3v) is 1.96. The Morgan fingerprint density at radius 3 is 2.17 bits per heavy atom. The summed E-state index contributed by atoms with van der Waals surface area (Å²) in [6.07, 6.45) is 0.582. The lowest BCUT2D eigenvalue weighted by Gasteiger charge is -2.10. The van der Waals surface area contributed by atoms with Gasteiger partial charge in [-0.25, -0.2) is 0 Å². The van der Waals surface area contributed by atoms with Gasteiger partial charge in [-0.05, 0) is 17.7 Å². The van der Waals surface area contributed by atoms with E-state index in [-0.39, 0.29) is 17.1 Å². The van der Waals surface area contributed by atoms with Crippen molar-refractivity contribution in [2.45, 2.75) is 13.8 Å². The number of hydrogen-bond acceptors (Lipinski definition) is 5. The van der Waals surface area contributed by atoms with Gasteiger partial charge in [-0.3, -0.25) is 14.4 Å². The molecular formula is C13H12O5. The normalized spacial score (nSPS) is 9.44. The van der Waals surface area contributed by atoms with Gasteiger partial charge in [0.15, 0.2) is 11.5 Å². The average Bonchev–Trinajstić information content (AvgIpc) is 2.29. The largest absolute Gasteiger partial charge is 0.423 e. The molecule has 94 valence electrons. The molecule has 5 heteroatoms. The molecule has 1 aromatic rings. The second-order valence-electron chi connectivity index (χ2n) is 3.49. The van der Waals surface area contributed by atoms with Crippen molar-refractivity contribution in [2.75, 3.05) is 0 Å². The van der Waals surface area contributed by atoms with Crippen LogP contribution in [0.15, 0.2) is 24.8 Å². The van der Waals surface area contributed by atoms with E-state index < -0.39 is 11.9 Å². The highest BCUT2D eigenvalue weighted by Gasteiger charge is 2.12. The van der Waals surface area contributed by atoms with E-state index >= 15 is 0 Å². The summed E-state index contributed by atoms with van der Waals surface area (Å²) in [5.74, 6) is -0.916. The van der Waals surface area contributed by atoms with Crippen LogP contribution < -0.4 is 9.47 Å². The first-order valence-corrected chi connectivity index (χ1v) is 5.09. The van der Waals surface area contributed by atoms with Gasteiger partial charge in [-0.15, -0.1) is 0 Å². The minimum absolute atomic E-state index is 0.0678. The molecule has 0 atom stereocenters. The Bertz CT molecular complexity index is 516. The summed E-state index contributed by atoms with van der Waals surface area (Å²) in [6, 6.07) is 4.39. The molecule has 0 aliphatic carbocycles. The Labute approximate surface area is 104 Å². The van der Waals surface area contributed by atoms with Crippen molar-refractivity contribution in [3.63, 3.8) is 0 Å². The lowest BCUT2D eigenvalue weighted by atomic mass is 10.1. The van der Waals surface area contributed by atoms with Crippen LogP contribution in [0.25, 0.3) is 5.57 Å². The molecule has 1 aromatic carbocycles. The molecule has 0 aliphatic rings. The summed E-state index contributed by atoms with van der Waals surface area (Å²) in [5, 5.41) is 0. The first kappa shape index (κ1) is 13.6. The summed E-state index contributed by atoms with van der Waals surface area (Å²) < 4.78 is 9.79. The maximum absolute atomic E-state index is 10.9. The highest BCUT2D eigenvalue weighted by molar-refractivity contribution is 6.06. The summed E-state index contributed by atoms with van der Waals surface area (Å²) in [5.41, 5.74) is 0.718. The summed E-state index contributed by atoms with van der Waals surface area (Å²) in [7, 11) is 0. The van der Waals surface area contributed by atoms with Crippen LogP contribution in [0, 0.1) is 0 Å². The Balaban J connectivity index is 3.19. The van der Waals surface area contributed by atoms with Crippen molar-refractivity contribution in [2.24, 2.45) is 0 Å². The van der Waals surface area contributed by atoms with Gasteiger partial charge in [0, 0.05) is 19.4 Å². The first-order chi connectivity index (χ1) is 8.43. The quantitative estimate of drug-likeness (QED) is 0.351. The van der Waals surface area contributed by atoms with Crippen LogP contribution in [0.5, 0.6) is 11.5 Å². The fourth-order valence-electron chi connectivity index (χ4n) is 1.25. The van der Waals surface area contributed by atoms with Gasteiger partial charge in [-0.2, -0.15) is 0 Å². The van der Waals surface area contributed by atoms with Crippen molar-refractivity contribution in [1.29, 1.82) is 0 Å². The molecule has 0 unspecified atom stereocenters. The zero-order valence-corrected chi connectivity index (χ0v) is 10.1. The van der Waals surface area contributed by atoms with E-state index in [1.807, 2.05) is 0 Å². The molecule has 0 aromatic heterocycles. The molecule has 0 N–H and O–H groups in total. The molecule has 1 rings (SSSR count). The van der Waals surface area contributed by atoms with E-state index in [0.29, 0.717) is 11.8 Å². The Hall–Kier alpha value is -2.43. The van der Waals surface area contributed by atoms with Gasteiger partial charge in [-0.1, -0.05) is 12.6 Å². The SMILES string of the molecule is C=C(C=O)c1ccc(OC(C)=O)c(OC(C)=O)c1.